The third-order valence-corrected chi connectivity index (χ3v) is 2.89. The van der Waals surface area contributed by atoms with E-state index >= 15 is 0 Å². The van der Waals surface area contributed by atoms with E-state index < -0.39 is 24.0 Å². The van der Waals surface area contributed by atoms with Crippen LogP contribution in [0.25, 0.3) is 0 Å². The summed E-state index contributed by atoms with van der Waals surface area (Å²) >= 11 is 0. The number of carbonyl (C=O) groups excluding carboxylic acids is 3. The van der Waals surface area contributed by atoms with Crippen molar-refractivity contribution >= 4 is 17.8 Å². The van der Waals surface area contributed by atoms with Crippen LogP contribution in [0.5, 0.6) is 0 Å². The largest absolute Gasteiger partial charge is 0.466 e. The Morgan fingerprint density at radius 3 is 2.79 bits per heavy atom. The van der Waals surface area contributed by atoms with Crippen LogP contribution in [0.1, 0.15) is 26.7 Å². The monoisotopic (exact) mass is 272 g/mol. The first-order valence-corrected chi connectivity index (χ1v) is 6.39. The normalized spacial score (nSPS) is 21.9. The molecule has 2 atom stereocenters. The zero-order valence-electron chi connectivity index (χ0n) is 11.2. The molecule has 0 aliphatic carbocycles. The molecule has 0 aromatic heterocycles. The third-order valence-electron chi connectivity index (χ3n) is 2.89. The van der Waals surface area contributed by atoms with Gasteiger partial charge in [-0.3, -0.25) is 24.6 Å². The molecule has 0 aromatic rings. The van der Waals surface area contributed by atoms with Crippen LogP contribution in [-0.4, -0.2) is 59.6 Å². The Morgan fingerprint density at radius 1 is 1.53 bits per heavy atom. The number of aliphatic hydroxyl groups is 1. The van der Waals surface area contributed by atoms with Crippen LogP contribution in [-0.2, 0) is 19.1 Å². The lowest BCUT2D eigenvalue weighted by Gasteiger charge is -2.34. The van der Waals surface area contributed by atoms with Crippen LogP contribution in [0.3, 0.4) is 0 Å². The van der Waals surface area contributed by atoms with Crippen molar-refractivity contribution in [3.8, 4) is 0 Å². The van der Waals surface area contributed by atoms with E-state index in [0.717, 1.165) is 0 Å². The molecule has 2 N–H and O–H groups in total. The number of hydrogen-bond acceptors (Lipinski definition) is 6. The Balaban J connectivity index is 2.55. The Kier molecular flexibility index (Phi) is 5.91. The molecule has 1 aliphatic heterocycles. The summed E-state index contributed by atoms with van der Waals surface area (Å²) in [4.78, 5) is 35.7. The van der Waals surface area contributed by atoms with Crippen molar-refractivity contribution in [1.82, 2.24) is 10.2 Å². The van der Waals surface area contributed by atoms with Gasteiger partial charge in [0.15, 0.2) is 0 Å². The Hall–Kier alpha value is -1.47. The molecule has 19 heavy (non-hydrogen) atoms. The van der Waals surface area contributed by atoms with E-state index in [1.807, 2.05) is 6.92 Å². The quantitative estimate of drug-likeness (QED) is 0.477. The van der Waals surface area contributed by atoms with Gasteiger partial charge >= 0.3 is 5.97 Å². The molecule has 1 heterocycles. The second kappa shape index (κ2) is 7.20. The number of nitrogens with zero attached hydrogens (tertiary/aromatic N) is 1. The standard InChI is InChI=1S/C12H20N2O5/c1-3-9-12(18)13-10(16)7-14(9)6-8(15)5-11(17)19-4-2/h8-9,15H,3-7H2,1-2H3,(H,13,16,18). The van der Waals surface area contributed by atoms with Crippen molar-refractivity contribution in [3.05, 3.63) is 0 Å². The number of ether oxygens (including phenoxy) is 1. The first kappa shape index (κ1) is 15.6. The van der Waals surface area contributed by atoms with Crippen LogP contribution in [0, 0.1) is 0 Å². The van der Waals surface area contributed by atoms with Crippen molar-refractivity contribution in [3.63, 3.8) is 0 Å². The summed E-state index contributed by atoms with van der Waals surface area (Å²) in [6, 6.07) is -0.449. The lowest BCUT2D eigenvalue weighted by molar-refractivity contribution is -0.146. The molecule has 1 fully saturated rings. The fourth-order valence-corrected chi connectivity index (χ4v) is 2.10. The molecule has 1 aliphatic rings. The average Bonchev–Trinajstić information content (AvgIpc) is 2.28. The van der Waals surface area contributed by atoms with Gasteiger partial charge in [-0.25, -0.2) is 0 Å². The van der Waals surface area contributed by atoms with Gasteiger partial charge in [0.1, 0.15) is 0 Å². The summed E-state index contributed by atoms with van der Waals surface area (Å²) < 4.78 is 4.73. The predicted molar refractivity (Wildman–Crippen MR) is 66.1 cm³/mol. The lowest BCUT2D eigenvalue weighted by atomic mass is 10.1. The third kappa shape index (κ3) is 4.60. The summed E-state index contributed by atoms with van der Waals surface area (Å²) in [7, 11) is 0. The minimum Gasteiger partial charge on any atom is -0.466 e. The molecule has 1 rings (SSSR count). The van der Waals surface area contributed by atoms with Gasteiger partial charge in [0.2, 0.25) is 11.8 Å². The molecule has 1 saturated heterocycles. The Bertz CT molecular complexity index is 358. The van der Waals surface area contributed by atoms with E-state index in [0.29, 0.717) is 6.42 Å². The maximum atomic E-state index is 11.6. The lowest BCUT2D eigenvalue weighted by Crippen LogP contribution is -2.59. The van der Waals surface area contributed by atoms with Crippen LogP contribution < -0.4 is 5.32 Å². The van der Waals surface area contributed by atoms with E-state index in [2.05, 4.69) is 5.32 Å². The molecule has 0 bridgehead atoms. The smallest absolute Gasteiger partial charge is 0.308 e. The van der Waals surface area contributed by atoms with E-state index in [-0.39, 0.29) is 32.0 Å². The molecule has 2 amide bonds. The molecule has 2 unspecified atom stereocenters. The molecule has 0 aromatic carbocycles. The van der Waals surface area contributed by atoms with Gasteiger partial charge in [-0.2, -0.15) is 0 Å². The van der Waals surface area contributed by atoms with Crippen LogP contribution >= 0.6 is 0 Å². The molecule has 0 saturated carbocycles. The molecule has 108 valence electrons. The summed E-state index contributed by atoms with van der Waals surface area (Å²) in [6.07, 6.45) is -0.561. The predicted octanol–water partition coefficient (Wildman–Crippen LogP) is -0.962. The maximum Gasteiger partial charge on any atom is 0.308 e. The number of amides is 2. The zero-order valence-corrected chi connectivity index (χ0v) is 11.2. The fraction of sp³-hybridized carbons (Fsp3) is 0.750. The number of hydrogen-bond donors (Lipinski definition) is 2. The summed E-state index contributed by atoms with van der Waals surface area (Å²) in [6.45, 7) is 3.91. The van der Waals surface area contributed by atoms with Crippen molar-refractivity contribution in [2.45, 2.75) is 38.8 Å². The number of β-amino-alcohol motifs (C(OH)–C–C–N with tert-alkyl or cyclic N) is 1. The number of aliphatic hydroxyl groups excluding tert-OH is 1. The van der Waals surface area contributed by atoms with Crippen LogP contribution in [0.2, 0.25) is 0 Å². The van der Waals surface area contributed by atoms with Gasteiger partial charge in [0.05, 0.1) is 31.7 Å². The highest BCUT2D eigenvalue weighted by atomic mass is 16.5. The van der Waals surface area contributed by atoms with Crippen molar-refractivity contribution in [1.29, 1.82) is 0 Å². The molecule has 0 radical (unpaired) electrons. The second-order valence-corrected chi connectivity index (χ2v) is 4.43. The summed E-state index contributed by atoms with van der Waals surface area (Å²) in [5, 5.41) is 12.1. The van der Waals surface area contributed by atoms with E-state index in [9.17, 15) is 19.5 Å². The topological polar surface area (TPSA) is 95.9 Å². The highest BCUT2D eigenvalue weighted by molar-refractivity contribution is 6.01. The van der Waals surface area contributed by atoms with Gasteiger partial charge in [-0.15, -0.1) is 0 Å². The molecular weight excluding hydrogens is 252 g/mol. The Labute approximate surface area is 111 Å². The minimum atomic E-state index is -0.952. The Morgan fingerprint density at radius 2 is 2.21 bits per heavy atom. The number of imide groups is 1. The SMILES string of the molecule is CCOC(=O)CC(O)CN1CC(=O)NC(=O)C1CC. The van der Waals surface area contributed by atoms with Gasteiger partial charge in [0, 0.05) is 6.54 Å². The summed E-state index contributed by atoms with van der Waals surface area (Å²) in [5.41, 5.74) is 0. The molecular formula is C12H20N2O5. The zero-order chi connectivity index (χ0) is 14.4. The minimum absolute atomic E-state index is 0.0458. The molecule has 7 nitrogen and oxygen atoms in total. The van der Waals surface area contributed by atoms with Crippen molar-refractivity contribution in [2.75, 3.05) is 19.7 Å². The van der Waals surface area contributed by atoms with Gasteiger partial charge < -0.3 is 9.84 Å². The van der Waals surface area contributed by atoms with Gasteiger partial charge in [0.25, 0.3) is 0 Å². The molecule has 0 spiro atoms. The van der Waals surface area contributed by atoms with E-state index in [4.69, 9.17) is 4.74 Å². The number of rotatable bonds is 6. The van der Waals surface area contributed by atoms with E-state index in [1.165, 1.54) is 0 Å². The van der Waals surface area contributed by atoms with Gasteiger partial charge in [-0.1, -0.05) is 6.92 Å². The average molecular weight is 272 g/mol. The number of carbonyl (C=O) groups is 3. The van der Waals surface area contributed by atoms with E-state index in [1.54, 1.807) is 11.8 Å². The fourth-order valence-electron chi connectivity index (χ4n) is 2.10. The highest BCUT2D eigenvalue weighted by Crippen LogP contribution is 2.11. The second-order valence-electron chi connectivity index (χ2n) is 4.43. The van der Waals surface area contributed by atoms with Gasteiger partial charge in [-0.05, 0) is 13.3 Å². The number of piperazine rings is 1. The van der Waals surface area contributed by atoms with Crippen LogP contribution in [0.4, 0.5) is 0 Å². The molecule has 7 heteroatoms. The summed E-state index contributed by atoms with van der Waals surface area (Å²) in [5.74, 6) is -1.24. The van der Waals surface area contributed by atoms with Crippen LogP contribution in [0.15, 0.2) is 0 Å². The number of nitrogens with one attached hydrogen (secondary N) is 1. The number of esters is 1. The maximum absolute atomic E-state index is 11.6. The first-order valence-electron chi connectivity index (χ1n) is 6.39. The highest BCUT2D eigenvalue weighted by Gasteiger charge is 2.33. The van der Waals surface area contributed by atoms with Crippen molar-refractivity contribution in [2.24, 2.45) is 0 Å². The van der Waals surface area contributed by atoms with Crippen molar-refractivity contribution < 1.29 is 24.2 Å². The first-order chi connectivity index (χ1) is 8.97.